The number of benzene rings is 10. The van der Waals surface area contributed by atoms with Gasteiger partial charge in [-0.25, -0.2) is 0 Å². The van der Waals surface area contributed by atoms with Crippen LogP contribution in [0.1, 0.15) is 11.1 Å². The summed E-state index contributed by atoms with van der Waals surface area (Å²) in [7, 11) is 0. The van der Waals surface area contributed by atoms with E-state index < -0.39 is 0 Å². The summed E-state index contributed by atoms with van der Waals surface area (Å²) in [5, 5.41) is 12.8. The Morgan fingerprint density at radius 1 is 0.255 bits per heavy atom. The van der Waals surface area contributed by atoms with E-state index in [1.807, 2.05) is 0 Å². The van der Waals surface area contributed by atoms with Gasteiger partial charge in [0, 0.05) is 0 Å². The van der Waals surface area contributed by atoms with Crippen molar-refractivity contribution in [3.63, 3.8) is 0 Å². The molecule has 0 spiro atoms. The molecule has 0 saturated carbocycles. The quantitative estimate of drug-likeness (QED) is 0.168. The molecule has 1 aliphatic rings. The topological polar surface area (TPSA) is 0 Å². The van der Waals surface area contributed by atoms with E-state index in [9.17, 15) is 0 Å². The minimum Gasteiger partial charge on any atom is -0.0616 e. The van der Waals surface area contributed by atoms with Crippen LogP contribution in [-0.4, -0.2) is 0 Å². The predicted octanol–water partition coefficient (Wildman–Crippen LogP) is 14.0. The molecule has 0 aliphatic heterocycles. The molecular formula is C51H32. The Hall–Kier alpha value is -6.50. The lowest BCUT2D eigenvalue weighted by atomic mass is 9.83. The molecule has 0 fully saturated rings. The fraction of sp³-hybridized carbons (Fsp3) is 0.0196. The SMILES string of the molecule is c1ccc2c(-c3c4ccccc4c(-c4ccc(-c5ccc6c(c5)-c5c(ccc7ccccc57)C6)c5ccccc45)c4ccccc34)cccc2c1. The average Bonchev–Trinajstić information content (AvgIpc) is 3.58. The van der Waals surface area contributed by atoms with E-state index in [-0.39, 0.29) is 0 Å². The highest BCUT2D eigenvalue weighted by molar-refractivity contribution is 6.25. The van der Waals surface area contributed by atoms with E-state index in [0.29, 0.717) is 0 Å². The van der Waals surface area contributed by atoms with Gasteiger partial charge in [0.25, 0.3) is 0 Å². The molecule has 11 rings (SSSR count). The van der Waals surface area contributed by atoms with E-state index in [1.165, 1.54) is 109 Å². The number of rotatable bonds is 3. The zero-order valence-electron chi connectivity index (χ0n) is 28.0. The Labute approximate surface area is 296 Å². The Morgan fingerprint density at radius 2 is 0.725 bits per heavy atom. The van der Waals surface area contributed by atoms with Crippen LogP contribution < -0.4 is 0 Å². The van der Waals surface area contributed by atoms with Gasteiger partial charge in [-0.1, -0.05) is 176 Å². The van der Waals surface area contributed by atoms with Crippen LogP contribution in [0, 0.1) is 0 Å². The Kier molecular flexibility index (Phi) is 6.12. The van der Waals surface area contributed by atoms with E-state index in [2.05, 4.69) is 182 Å². The summed E-state index contributed by atoms with van der Waals surface area (Å²) in [5.41, 5.74) is 13.3. The third kappa shape index (κ3) is 4.20. The van der Waals surface area contributed by atoms with Crippen LogP contribution in [0.4, 0.5) is 0 Å². The summed E-state index contributed by atoms with van der Waals surface area (Å²) in [4.78, 5) is 0. The van der Waals surface area contributed by atoms with Crippen LogP contribution >= 0.6 is 0 Å². The first-order valence-corrected chi connectivity index (χ1v) is 17.9. The van der Waals surface area contributed by atoms with Gasteiger partial charge in [0.2, 0.25) is 0 Å². The fourth-order valence-electron chi connectivity index (χ4n) is 9.04. The van der Waals surface area contributed by atoms with Crippen LogP contribution in [-0.2, 0) is 6.42 Å². The molecule has 0 aromatic heterocycles. The summed E-state index contributed by atoms with van der Waals surface area (Å²) in [6.45, 7) is 0. The van der Waals surface area contributed by atoms with Crippen LogP contribution in [0.5, 0.6) is 0 Å². The lowest BCUT2D eigenvalue weighted by molar-refractivity contribution is 1.27. The van der Waals surface area contributed by atoms with Crippen molar-refractivity contribution in [1.82, 2.24) is 0 Å². The number of fused-ring (bicyclic) bond motifs is 9. The van der Waals surface area contributed by atoms with Crippen LogP contribution in [0.15, 0.2) is 182 Å². The van der Waals surface area contributed by atoms with Gasteiger partial charge in [-0.05, 0) is 122 Å². The highest BCUT2D eigenvalue weighted by Crippen LogP contribution is 2.48. The van der Waals surface area contributed by atoms with E-state index in [1.54, 1.807) is 0 Å². The Bertz CT molecular complexity index is 2990. The predicted molar refractivity (Wildman–Crippen MR) is 219 cm³/mol. The Morgan fingerprint density at radius 3 is 1.39 bits per heavy atom. The molecule has 236 valence electrons. The maximum Gasteiger partial charge on any atom is -0.00132 e. The normalized spacial score (nSPS) is 12.2. The summed E-state index contributed by atoms with van der Waals surface area (Å²) in [5.74, 6) is 0. The molecule has 1 aliphatic carbocycles. The molecule has 0 radical (unpaired) electrons. The molecule has 0 N–H and O–H groups in total. The molecule has 0 amide bonds. The molecule has 0 saturated heterocycles. The third-order valence-corrected chi connectivity index (χ3v) is 11.3. The maximum atomic E-state index is 2.44. The molecule has 0 heteroatoms. The van der Waals surface area contributed by atoms with Gasteiger partial charge < -0.3 is 0 Å². The lowest BCUT2D eigenvalue weighted by Crippen LogP contribution is -1.93. The molecule has 10 aromatic carbocycles. The average molecular weight is 645 g/mol. The highest BCUT2D eigenvalue weighted by Gasteiger charge is 2.23. The fourth-order valence-corrected chi connectivity index (χ4v) is 9.04. The van der Waals surface area contributed by atoms with Gasteiger partial charge in [-0.15, -0.1) is 0 Å². The molecule has 51 heavy (non-hydrogen) atoms. The number of hydrogen-bond acceptors (Lipinski definition) is 0. The first kappa shape index (κ1) is 28.3. The van der Waals surface area contributed by atoms with Crippen molar-refractivity contribution in [2.75, 3.05) is 0 Å². The van der Waals surface area contributed by atoms with Gasteiger partial charge >= 0.3 is 0 Å². The van der Waals surface area contributed by atoms with Gasteiger partial charge in [-0.3, -0.25) is 0 Å². The summed E-state index contributed by atoms with van der Waals surface area (Å²) in [6, 6.07) is 67.7. The lowest BCUT2D eigenvalue weighted by Gasteiger charge is -2.20. The standard InChI is InChI=1S/C51H32/c1-3-15-37-32(12-1)14-11-23-42(37)50-43-19-7-9-21-45(43)51(46-22-10-8-20-44(46)50)47-29-28-38(40-17-5-6-18-41(40)47)35-26-25-34-30-36-27-24-33-13-2-4-16-39(33)49(36)48(34)31-35/h1-29,31H,30H2. The zero-order chi connectivity index (χ0) is 33.5. The highest BCUT2D eigenvalue weighted by atomic mass is 14.3. The van der Waals surface area contributed by atoms with Crippen LogP contribution in [0.25, 0.3) is 98.4 Å². The van der Waals surface area contributed by atoms with Crippen LogP contribution in [0.2, 0.25) is 0 Å². The zero-order valence-corrected chi connectivity index (χ0v) is 28.0. The third-order valence-electron chi connectivity index (χ3n) is 11.3. The smallest absolute Gasteiger partial charge is 0.00132 e. The first-order valence-electron chi connectivity index (χ1n) is 17.9. The Balaban J connectivity index is 1.16. The van der Waals surface area contributed by atoms with Gasteiger partial charge in [0.05, 0.1) is 0 Å². The summed E-state index contributed by atoms with van der Waals surface area (Å²) >= 11 is 0. The minimum atomic E-state index is 0.990. The molecule has 10 aromatic rings. The summed E-state index contributed by atoms with van der Waals surface area (Å²) in [6.07, 6.45) is 0.990. The van der Waals surface area contributed by atoms with E-state index >= 15 is 0 Å². The molecular weight excluding hydrogens is 613 g/mol. The number of hydrogen-bond donors (Lipinski definition) is 0. The van der Waals surface area contributed by atoms with Crippen molar-refractivity contribution < 1.29 is 0 Å². The van der Waals surface area contributed by atoms with Crippen molar-refractivity contribution in [2.45, 2.75) is 6.42 Å². The maximum absolute atomic E-state index is 2.44. The van der Waals surface area contributed by atoms with Crippen molar-refractivity contribution >= 4 is 53.9 Å². The van der Waals surface area contributed by atoms with Gasteiger partial charge in [-0.2, -0.15) is 0 Å². The molecule has 0 nitrogen and oxygen atoms in total. The second-order valence-electron chi connectivity index (χ2n) is 13.9. The monoisotopic (exact) mass is 644 g/mol. The van der Waals surface area contributed by atoms with Crippen molar-refractivity contribution in [1.29, 1.82) is 0 Å². The second kappa shape index (κ2) is 11.0. The molecule has 0 atom stereocenters. The molecule has 0 bridgehead atoms. The molecule has 0 unspecified atom stereocenters. The van der Waals surface area contributed by atoms with Crippen LogP contribution in [0.3, 0.4) is 0 Å². The van der Waals surface area contributed by atoms with Gasteiger partial charge in [0.15, 0.2) is 0 Å². The first-order chi connectivity index (χ1) is 25.3. The van der Waals surface area contributed by atoms with E-state index in [0.717, 1.165) is 6.42 Å². The van der Waals surface area contributed by atoms with Crippen molar-refractivity contribution in [3.8, 4) is 44.5 Å². The largest absolute Gasteiger partial charge is 0.0616 e. The second-order valence-corrected chi connectivity index (χ2v) is 13.9. The van der Waals surface area contributed by atoms with Gasteiger partial charge in [0.1, 0.15) is 0 Å². The molecule has 0 heterocycles. The summed E-state index contributed by atoms with van der Waals surface area (Å²) < 4.78 is 0. The minimum absolute atomic E-state index is 0.990. The van der Waals surface area contributed by atoms with Crippen molar-refractivity contribution in [2.24, 2.45) is 0 Å². The van der Waals surface area contributed by atoms with E-state index in [4.69, 9.17) is 0 Å². The van der Waals surface area contributed by atoms with Crippen molar-refractivity contribution in [3.05, 3.63) is 193 Å².